The molecule has 0 aliphatic carbocycles. The Hall–Kier alpha value is -3.33. The molecular formula is C28H31ClN4O3S. The third kappa shape index (κ3) is 8.93. The van der Waals surface area contributed by atoms with Gasteiger partial charge in [0.25, 0.3) is 11.8 Å². The molecule has 3 aromatic carbocycles. The zero-order valence-electron chi connectivity index (χ0n) is 20.9. The fraction of sp³-hybridized carbons (Fsp3) is 0.250. The number of hydrazone groups is 1. The number of halogens is 1. The van der Waals surface area contributed by atoms with Crippen LogP contribution in [0.4, 0.5) is 5.69 Å². The first-order chi connectivity index (χ1) is 17.9. The summed E-state index contributed by atoms with van der Waals surface area (Å²) >= 11 is 7.97. The van der Waals surface area contributed by atoms with Crippen molar-refractivity contribution in [2.75, 3.05) is 30.7 Å². The number of phenolic OH excluding ortho intramolecular Hbond substituents is 1. The third-order valence-electron chi connectivity index (χ3n) is 5.66. The Morgan fingerprint density at radius 1 is 1.03 bits per heavy atom. The van der Waals surface area contributed by atoms with Crippen LogP contribution in [-0.2, 0) is 5.75 Å². The van der Waals surface area contributed by atoms with Gasteiger partial charge in [-0.25, -0.2) is 5.43 Å². The van der Waals surface area contributed by atoms with Crippen LogP contribution >= 0.6 is 23.4 Å². The number of hydrogen-bond donors (Lipinski definition) is 3. The third-order valence-corrected chi connectivity index (χ3v) is 6.90. The van der Waals surface area contributed by atoms with E-state index in [1.54, 1.807) is 36.4 Å². The van der Waals surface area contributed by atoms with Gasteiger partial charge in [-0.05, 0) is 66.7 Å². The molecular weight excluding hydrogens is 508 g/mol. The van der Waals surface area contributed by atoms with Crippen molar-refractivity contribution in [2.24, 2.45) is 5.10 Å². The van der Waals surface area contributed by atoms with E-state index < -0.39 is 5.91 Å². The number of carbonyl (C=O) groups is 2. The van der Waals surface area contributed by atoms with E-state index in [1.165, 1.54) is 24.4 Å². The van der Waals surface area contributed by atoms with Crippen molar-refractivity contribution in [3.05, 3.63) is 94.0 Å². The minimum atomic E-state index is -0.536. The first-order valence-corrected chi connectivity index (χ1v) is 13.5. The summed E-state index contributed by atoms with van der Waals surface area (Å²) in [4.78, 5) is 28.0. The fourth-order valence-electron chi connectivity index (χ4n) is 3.51. The van der Waals surface area contributed by atoms with Crippen LogP contribution in [0.1, 0.15) is 45.7 Å². The Labute approximate surface area is 226 Å². The molecule has 0 aliphatic heterocycles. The highest BCUT2D eigenvalue weighted by molar-refractivity contribution is 7.98. The van der Waals surface area contributed by atoms with Crippen LogP contribution < -0.4 is 10.7 Å². The van der Waals surface area contributed by atoms with Crippen LogP contribution in [0.3, 0.4) is 0 Å². The monoisotopic (exact) mass is 538 g/mol. The molecule has 194 valence electrons. The molecule has 0 aromatic heterocycles. The Morgan fingerprint density at radius 2 is 1.78 bits per heavy atom. The number of thioether (sulfide) groups is 1. The summed E-state index contributed by atoms with van der Waals surface area (Å²) in [5.74, 6) is 1.17. The van der Waals surface area contributed by atoms with Gasteiger partial charge in [0.15, 0.2) is 0 Å². The van der Waals surface area contributed by atoms with Crippen LogP contribution in [0.25, 0.3) is 0 Å². The molecule has 0 saturated carbocycles. The van der Waals surface area contributed by atoms with Gasteiger partial charge < -0.3 is 15.3 Å². The summed E-state index contributed by atoms with van der Waals surface area (Å²) in [5.41, 5.74) is 5.17. The SMILES string of the molecule is CCN(CC)CCSCc1ccc(C(=O)Nc2ccc(Cl)cc2C(=O)NN=Cc2cccc(O)c2)cc1. The Morgan fingerprint density at radius 3 is 2.49 bits per heavy atom. The Kier molecular flexibility index (Phi) is 11.0. The normalized spacial score (nSPS) is 11.1. The number of benzene rings is 3. The Bertz CT molecular complexity index is 1230. The molecule has 0 unspecified atom stereocenters. The van der Waals surface area contributed by atoms with E-state index in [-0.39, 0.29) is 17.2 Å². The molecule has 3 rings (SSSR count). The van der Waals surface area contributed by atoms with Gasteiger partial charge in [-0.2, -0.15) is 16.9 Å². The zero-order chi connectivity index (χ0) is 26.6. The van der Waals surface area contributed by atoms with Crippen LogP contribution in [0.5, 0.6) is 5.75 Å². The minimum Gasteiger partial charge on any atom is -0.508 e. The van der Waals surface area contributed by atoms with Crippen molar-refractivity contribution >= 4 is 47.1 Å². The molecule has 0 radical (unpaired) electrons. The topological polar surface area (TPSA) is 94.0 Å². The summed E-state index contributed by atoms with van der Waals surface area (Å²) in [5, 5.41) is 16.6. The number of aromatic hydroxyl groups is 1. The van der Waals surface area contributed by atoms with Crippen LogP contribution in [-0.4, -0.2) is 53.4 Å². The largest absolute Gasteiger partial charge is 0.508 e. The number of rotatable bonds is 12. The van der Waals surface area contributed by atoms with E-state index in [4.69, 9.17) is 11.6 Å². The molecule has 0 fully saturated rings. The van der Waals surface area contributed by atoms with Crippen molar-refractivity contribution in [3.8, 4) is 5.75 Å². The number of amides is 2. The van der Waals surface area contributed by atoms with Gasteiger partial charge >= 0.3 is 0 Å². The van der Waals surface area contributed by atoms with Gasteiger partial charge in [0.1, 0.15) is 5.75 Å². The molecule has 9 heteroatoms. The van der Waals surface area contributed by atoms with E-state index in [0.717, 1.165) is 36.7 Å². The summed E-state index contributed by atoms with van der Waals surface area (Å²) in [6, 6.07) is 18.6. The quantitative estimate of drug-likeness (QED) is 0.158. The maximum absolute atomic E-state index is 12.9. The van der Waals surface area contributed by atoms with Crippen LogP contribution in [0, 0.1) is 0 Å². The summed E-state index contributed by atoms with van der Waals surface area (Å²) in [6.45, 7) is 7.53. The van der Waals surface area contributed by atoms with Gasteiger partial charge in [0, 0.05) is 28.6 Å². The molecule has 0 bridgehead atoms. The highest BCUT2D eigenvalue weighted by Crippen LogP contribution is 2.22. The lowest BCUT2D eigenvalue weighted by molar-refractivity contribution is 0.0956. The second kappa shape index (κ2) is 14.4. The fourth-order valence-corrected chi connectivity index (χ4v) is 4.65. The molecule has 3 aromatic rings. The molecule has 0 aliphatic rings. The second-order valence-electron chi connectivity index (χ2n) is 8.21. The van der Waals surface area contributed by atoms with Gasteiger partial charge in [-0.1, -0.05) is 49.7 Å². The molecule has 0 atom stereocenters. The summed E-state index contributed by atoms with van der Waals surface area (Å²) in [7, 11) is 0. The smallest absolute Gasteiger partial charge is 0.273 e. The van der Waals surface area contributed by atoms with Gasteiger partial charge in [-0.3, -0.25) is 9.59 Å². The van der Waals surface area contributed by atoms with Crippen molar-refractivity contribution < 1.29 is 14.7 Å². The number of nitrogens with one attached hydrogen (secondary N) is 2. The van der Waals surface area contributed by atoms with E-state index in [0.29, 0.717) is 21.8 Å². The van der Waals surface area contributed by atoms with Crippen LogP contribution in [0.15, 0.2) is 71.8 Å². The molecule has 3 N–H and O–H groups in total. The van der Waals surface area contributed by atoms with E-state index in [9.17, 15) is 14.7 Å². The minimum absolute atomic E-state index is 0.0946. The predicted octanol–water partition coefficient (Wildman–Crippen LogP) is 5.64. The number of phenols is 1. The maximum Gasteiger partial charge on any atom is 0.273 e. The summed E-state index contributed by atoms with van der Waals surface area (Å²) < 4.78 is 0. The predicted molar refractivity (Wildman–Crippen MR) is 153 cm³/mol. The van der Waals surface area contributed by atoms with Gasteiger partial charge in [0.2, 0.25) is 0 Å². The molecule has 0 heterocycles. The lowest BCUT2D eigenvalue weighted by atomic mass is 10.1. The molecule has 2 amide bonds. The second-order valence-corrected chi connectivity index (χ2v) is 9.76. The van der Waals surface area contributed by atoms with E-state index in [2.05, 4.69) is 34.6 Å². The lowest BCUT2D eigenvalue weighted by Crippen LogP contribution is -2.25. The molecule has 37 heavy (non-hydrogen) atoms. The van der Waals surface area contributed by atoms with Crippen LogP contribution in [0.2, 0.25) is 5.02 Å². The van der Waals surface area contributed by atoms with Gasteiger partial charge in [0.05, 0.1) is 17.5 Å². The zero-order valence-corrected chi connectivity index (χ0v) is 22.5. The maximum atomic E-state index is 12.9. The number of carbonyl (C=O) groups excluding carboxylic acids is 2. The lowest BCUT2D eigenvalue weighted by Gasteiger charge is -2.17. The first kappa shape index (κ1) is 28.2. The average molecular weight is 539 g/mol. The Balaban J connectivity index is 1.60. The standard InChI is InChI=1S/C28H31ClN4O3S/c1-3-33(4-2)14-15-37-19-20-8-10-22(11-9-20)27(35)31-26-13-12-23(29)17-25(26)28(36)32-30-18-21-6-5-7-24(34)16-21/h5-13,16-18,34H,3-4,14-15,19H2,1-2H3,(H,31,35)(H,32,36). The number of hydrogen-bond acceptors (Lipinski definition) is 6. The van der Waals surface area contributed by atoms with Gasteiger partial charge in [-0.15, -0.1) is 0 Å². The first-order valence-electron chi connectivity index (χ1n) is 12.0. The average Bonchev–Trinajstić information content (AvgIpc) is 2.90. The van der Waals surface area contributed by atoms with Crippen molar-refractivity contribution in [1.82, 2.24) is 10.3 Å². The molecule has 0 spiro atoms. The molecule has 0 saturated heterocycles. The van der Waals surface area contributed by atoms with Crippen molar-refractivity contribution in [2.45, 2.75) is 19.6 Å². The number of nitrogens with zero attached hydrogens (tertiary/aromatic N) is 2. The van der Waals surface area contributed by atoms with E-state index in [1.807, 2.05) is 23.9 Å². The highest BCUT2D eigenvalue weighted by Gasteiger charge is 2.15. The van der Waals surface area contributed by atoms with Crippen molar-refractivity contribution in [1.29, 1.82) is 0 Å². The highest BCUT2D eigenvalue weighted by atomic mass is 35.5. The van der Waals surface area contributed by atoms with E-state index >= 15 is 0 Å². The summed E-state index contributed by atoms with van der Waals surface area (Å²) in [6.07, 6.45) is 1.41. The number of anilines is 1. The van der Waals surface area contributed by atoms with Crippen molar-refractivity contribution in [3.63, 3.8) is 0 Å². The molecule has 7 nitrogen and oxygen atoms in total.